The third kappa shape index (κ3) is 4.18. The lowest BCUT2D eigenvalue weighted by atomic mass is 10.2. The predicted octanol–water partition coefficient (Wildman–Crippen LogP) is 4.42. The largest absolute Gasteiger partial charge is 0.435 e. The maximum absolute atomic E-state index is 12.8. The van der Waals surface area contributed by atoms with Crippen molar-refractivity contribution < 1.29 is 18.0 Å². The minimum Gasteiger partial charge on any atom is -0.351 e. The summed E-state index contributed by atoms with van der Waals surface area (Å²) in [4.78, 5) is 12.5. The van der Waals surface area contributed by atoms with E-state index < -0.39 is 11.9 Å². The molecule has 3 rings (SSSR count). The Kier molecular flexibility index (Phi) is 5.00. The van der Waals surface area contributed by atoms with Gasteiger partial charge in [0.15, 0.2) is 5.69 Å². The summed E-state index contributed by atoms with van der Waals surface area (Å²) in [6.07, 6.45) is -2.08. The Morgan fingerprint density at radius 2 is 2.17 bits per heavy atom. The number of amides is 1. The molecule has 1 N–H and O–H groups in total. The average molecular weight is 422 g/mol. The number of nitrogens with one attached hydrogen (secondary N) is 1. The summed E-state index contributed by atoms with van der Waals surface area (Å²) >= 11 is 4.62. The van der Waals surface area contributed by atoms with E-state index in [9.17, 15) is 18.0 Å². The molecule has 0 atom stereocenters. The van der Waals surface area contributed by atoms with Gasteiger partial charge in [-0.1, -0.05) is 0 Å². The first-order chi connectivity index (χ1) is 11.3. The SMILES string of the molecule is O=C(NCCCn1nc(C(F)(F)F)cc1C1CC1)c1cc(Br)cs1. The first kappa shape index (κ1) is 17.5. The zero-order valence-corrected chi connectivity index (χ0v) is 15.0. The molecule has 1 amide bonds. The van der Waals surface area contributed by atoms with Gasteiger partial charge in [0.05, 0.1) is 4.88 Å². The lowest BCUT2D eigenvalue weighted by Crippen LogP contribution is -2.24. The summed E-state index contributed by atoms with van der Waals surface area (Å²) < 4.78 is 40.7. The molecule has 0 aliphatic heterocycles. The maximum atomic E-state index is 12.8. The van der Waals surface area contributed by atoms with Gasteiger partial charge in [-0.25, -0.2) is 0 Å². The van der Waals surface area contributed by atoms with Crippen molar-refractivity contribution >= 4 is 33.2 Å². The molecule has 0 radical (unpaired) electrons. The molecule has 2 heterocycles. The van der Waals surface area contributed by atoms with E-state index in [1.807, 2.05) is 5.38 Å². The van der Waals surface area contributed by atoms with Crippen molar-refractivity contribution in [2.45, 2.75) is 37.9 Å². The van der Waals surface area contributed by atoms with E-state index in [2.05, 4.69) is 26.3 Å². The van der Waals surface area contributed by atoms with Crippen LogP contribution in [0.1, 0.15) is 46.2 Å². The van der Waals surface area contributed by atoms with E-state index in [0.717, 1.165) is 23.4 Å². The van der Waals surface area contributed by atoms with Crippen molar-refractivity contribution in [3.05, 3.63) is 38.3 Å². The van der Waals surface area contributed by atoms with E-state index >= 15 is 0 Å². The monoisotopic (exact) mass is 421 g/mol. The molecule has 0 bridgehead atoms. The molecule has 1 saturated carbocycles. The van der Waals surface area contributed by atoms with Crippen LogP contribution in [-0.2, 0) is 12.7 Å². The Balaban J connectivity index is 1.55. The highest BCUT2D eigenvalue weighted by Gasteiger charge is 2.37. The number of hydrogen-bond acceptors (Lipinski definition) is 3. The van der Waals surface area contributed by atoms with Crippen LogP contribution in [0.3, 0.4) is 0 Å². The molecule has 0 saturated heterocycles. The van der Waals surface area contributed by atoms with E-state index in [4.69, 9.17) is 0 Å². The molecule has 0 aromatic carbocycles. The normalized spacial score (nSPS) is 14.8. The standard InChI is InChI=1S/C15H15BrF3N3OS/c16-10-6-12(24-8-10)14(23)20-4-1-5-22-11(9-2-3-9)7-13(21-22)15(17,18)19/h6-9H,1-5H2,(H,20,23). The van der Waals surface area contributed by atoms with E-state index in [0.29, 0.717) is 30.1 Å². The number of carbonyl (C=O) groups is 1. The molecule has 24 heavy (non-hydrogen) atoms. The number of carbonyl (C=O) groups excluding carboxylic acids is 1. The van der Waals surface area contributed by atoms with Crippen LogP contribution in [0, 0.1) is 0 Å². The number of hydrogen-bond donors (Lipinski definition) is 1. The molecule has 9 heteroatoms. The topological polar surface area (TPSA) is 46.9 Å². The number of aryl methyl sites for hydroxylation is 1. The van der Waals surface area contributed by atoms with Crippen LogP contribution in [0.5, 0.6) is 0 Å². The Morgan fingerprint density at radius 1 is 1.42 bits per heavy atom. The fraction of sp³-hybridized carbons (Fsp3) is 0.467. The van der Waals surface area contributed by atoms with Crippen molar-refractivity contribution in [2.24, 2.45) is 0 Å². The van der Waals surface area contributed by atoms with Crippen LogP contribution >= 0.6 is 27.3 Å². The Bertz CT molecular complexity index is 737. The van der Waals surface area contributed by atoms with Crippen LogP contribution in [-0.4, -0.2) is 22.2 Å². The molecule has 2 aromatic heterocycles. The van der Waals surface area contributed by atoms with Gasteiger partial charge >= 0.3 is 6.18 Å². The first-order valence-electron chi connectivity index (χ1n) is 7.52. The number of rotatable bonds is 6. The van der Waals surface area contributed by atoms with Gasteiger partial charge in [0.25, 0.3) is 5.91 Å². The highest BCUT2D eigenvalue weighted by atomic mass is 79.9. The summed E-state index contributed by atoms with van der Waals surface area (Å²) in [7, 11) is 0. The molecule has 2 aromatic rings. The lowest BCUT2D eigenvalue weighted by molar-refractivity contribution is -0.141. The van der Waals surface area contributed by atoms with E-state index in [1.54, 1.807) is 6.07 Å². The number of nitrogens with zero attached hydrogens (tertiary/aromatic N) is 2. The van der Waals surface area contributed by atoms with Gasteiger partial charge in [-0.2, -0.15) is 18.3 Å². The third-order valence-corrected chi connectivity index (χ3v) is 5.41. The van der Waals surface area contributed by atoms with E-state index in [1.165, 1.54) is 16.0 Å². The molecule has 1 aliphatic rings. The third-order valence-electron chi connectivity index (χ3n) is 3.72. The van der Waals surface area contributed by atoms with Gasteiger partial charge in [-0.3, -0.25) is 9.48 Å². The Hall–Kier alpha value is -1.35. The lowest BCUT2D eigenvalue weighted by Gasteiger charge is -2.07. The summed E-state index contributed by atoms with van der Waals surface area (Å²) in [5.41, 5.74) is -0.187. The van der Waals surface area contributed by atoms with Crippen molar-refractivity contribution in [1.82, 2.24) is 15.1 Å². The molecule has 1 aliphatic carbocycles. The van der Waals surface area contributed by atoms with E-state index in [-0.39, 0.29) is 11.8 Å². The molecule has 0 spiro atoms. The Morgan fingerprint density at radius 3 is 2.75 bits per heavy atom. The maximum Gasteiger partial charge on any atom is 0.435 e. The zero-order valence-electron chi connectivity index (χ0n) is 12.6. The number of aromatic nitrogens is 2. The molecule has 130 valence electrons. The summed E-state index contributed by atoms with van der Waals surface area (Å²) in [5, 5.41) is 8.29. The highest BCUT2D eigenvalue weighted by Crippen LogP contribution is 2.42. The second-order valence-electron chi connectivity index (χ2n) is 5.69. The smallest absolute Gasteiger partial charge is 0.351 e. The summed E-state index contributed by atoms with van der Waals surface area (Å²) in [5.74, 6) is 0.0104. The van der Waals surface area contributed by atoms with Crippen LogP contribution < -0.4 is 5.32 Å². The van der Waals surface area contributed by atoms with Gasteiger partial charge in [0.2, 0.25) is 0 Å². The van der Waals surface area contributed by atoms with Gasteiger partial charge in [-0.15, -0.1) is 11.3 Å². The first-order valence-corrected chi connectivity index (χ1v) is 9.19. The van der Waals surface area contributed by atoms with Gasteiger partial charge in [0.1, 0.15) is 0 Å². The van der Waals surface area contributed by atoms with Crippen LogP contribution in [0.4, 0.5) is 13.2 Å². The minimum absolute atomic E-state index is 0.176. The zero-order chi connectivity index (χ0) is 17.3. The minimum atomic E-state index is -4.42. The van der Waals surface area contributed by atoms with Crippen molar-refractivity contribution in [1.29, 1.82) is 0 Å². The van der Waals surface area contributed by atoms with Crippen molar-refractivity contribution in [3.8, 4) is 0 Å². The van der Waals surface area contributed by atoms with Crippen LogP contribution in [0.2, 0.25) is 0 Å². The fourth-order valence-corrected chi connectivity index (χ4v) is 3.75. The quantitative estimate of drug-likeness (QED) is 0.701. The number of thiophene rings is 1. The second kappa shape index (κ2) is 6.87. The highest BCUT2D eigenvalue weighted by molar-refractivity contribution is 9.10. The molecular weight excluding hydrogens is 407 g/mol. The average Bonchev–Trinajstić information content (AvgIpc) is 3.10. The van der Waals surface area contributed by atoms with Crippen molar-refractivity contribution in [2.75, 3.05) is 6.54 Å². The van der Waals surface area contributed by atoms with Crippen LogP contribution in [0.25, 0.3) is 0 Å². The Labute approximate surface area is 149 Å². The van der Waals surface area contributed by atoms with Gasteiger partial charge < -0.3 is 5.32 Å². The van der Waals surface area contributed by atoms with Crippen molar-refractivity contribution in [3.63, 3.8) is 0 Å². The van der Waals surface area contributed by atoms with Gasteiger partial charge in [0, 0.05) is 34.6 Å². The second-order valence-corrected chi connectivity index (χ2v) is 7.52. The summed E-state index contributed by atoms with van der Waals surface area (Å²) in [6.45, 7) is 0.746. The molecule has 0 unspecified atom stereocenters. The number of alkyl halides is 3. The number of halogens is 4. The summed E-state index contributed by atoms with van der Waals surface area (Å²) in [6, 6.07) is 2.88. The molecule has 4 nitrogen and oxygen atoms in total. The molecular formula is C15H15BrF3N3OS. The molecule has 1 fully saturated rings. The van der Waals surface area contributed by atoms with Crippen LogP contribution in [0.15, 0.2) is 22.0 Å². The van der Waals surface area contributed by atoms with Gasteiger partial charge in [-0.05, 0) is 47.3 Å². The predicted molar refractivity (Wildman–Crippen MR) is 88.2 cm³/mol. The fourth-order valence-electron chi connectivity index (χ4n) is 2.41.